The second-order valence-electron chi connectivity index (χ2n) is 18.0. The molecule has 1 saturated heterocycles. The summed E-state index contributed by atoms with van der Waals surface area (Å²) in [5, 5.41) is 42.2. The summed E-state index contributed by atoms with van der Waals surface area (Å²) in [4.78, 5) is 48.4. The quantitative estimate of drug-likeness (QED) is 0.130. The monoisotopic (exact) mass is 783 g/mol. The number of para-hydroxylation sites is 1. The van der Waals surface area contributed by atoms with E-state index in [0.717, 1.165) is 12.0 Å². The van der Waals surface area contributed by atoms with Gasteiger partial charge >= 0.3 is 0 Å². The average Bonchev–Trinajstić information content (AvgIpc) is 3.59. The molecule has 1 unspecified atom stereocenters. The topological polar surface area (TPSA) is 167 Å². The zero-order chi connectivity index (χ0) is 41.0. The predicted molar refractivity (Wildman–Crippen MR) is 215 cm³/mol. The van der Waals surface area contributed by atoms with Crippen LogP contribution < -0.4 is 15.4 Å². The van der Waals surface area contributed by atoms with Crippen LogP contribution in [0.15, 0.2) is 66.7 Å². The number of aliphatic hydroxyl groups is 2. The van der Waals surface area contributed by atoms with E-state index in [1.807, 2.05) is 55.4 Å². The van der Waals surface area contributed by atoms with Gasteiger partial charge in [0.1, 0.15) is 17.9 Å². The fraction of sp³-hybridized carbons (Fsp3) is 0.545. The second-order valence-corrected chi connectivity index (χ2v) is 18.0. The lowest BCUT2D eigenvalue weighted by Gasteiger charge is -2.62. The molecule has 13 heteroatoms. The largest absolute Gasteiger partial charge is 0.496 e. The molecule has 8 rings (SSSR count). The van der Waals surface area contributed by atoms with Crippen LogP contribution in [0.4, 0.5) is 5.69 Å². The number of ether oxygens (including phenoxy) is 1. The van der Waals surface area contributed by atoms with Gasteiger partial charge in [-0.2, -0.15) is 5.06 Å². The van der Waals surface area contributed by atoms with Crippen LogP contribution >= 0.6 is 0 Å². The summed E-state index contributed by atoms with van der Waals surface area (Å²) in [7, 11) is 5.35. The van der Waals surface area contributed by atoms with Crippen molar-refractivity contribution in [3.63, 3.8) is 0 Å². The molecule has 0 radical (unpaired) electrons. The Labute approximate surface area is 334 Å². The molecule has 2 amide bonds. The van der Waals surface area contributed by atoms with E-state index in [1.165, 1.54) is 25.7 Å². The number of hydroxylamine groups is 2. The molecule has 1 heterocycles. The first-order valence-electron chi connectivity index (χ1n) is 20.0. The molecule has 4 N–H and O–H groups in total. The first-order valence-corrected chi connectivity index (χ1v) is 20.0. The van der Waals surface area contributed by atoms with Crippen molar-refractivity contribution in [1.82, 2.24) is 20.6 Å². The van der Waals surface area contributed by atoms with Gasteiger partial charge in [-0.05, 0) is 87.1 Å². The number of benzene rings is 3. The molecule has 9 atom stereocenters. The minimum atomic E-state index is -1.24. The van der Waals surface area contributed by atoms with Crippen molar-refractivity contribution < 1.29 is 34.3 Å². The molecule has 306 valence electrons. The zero-order valence-corrected chi connectivity index (χ0v) is 34.0. The van der Waals surface area contributed by atoms with Crippen molar-refractivity contribution in [2.24, 2.45) is 28.6 Å². The van der Waals surface area contributed by atoms with Crippen LogP contribution in [0, 0.1) is 38.7 Å². The number of likely N-dealkylation sites (N-methyl/N-ethyl adjacent to an activating group) is 1. The van der Waals surface area contributed by atoms with Gasteiger partial charge in [-0.25, -0.2) is 0 Å². The van der Waals surface area contributed by atoms with E-state index in [-0.39, 0.29) is 60.1 Å². The Kier molecular flexibility index (Phi) is 11.0. The Balaban J connectivity index is 1.18. The molecule has 0 aromatic heterocycles. The number of hydrogen-bond acceptors (Lipinski definition) is 10. The standard InChI is InChI=1S/C44H57N5O8/c1-26-35-20-31(42(35,2)3)21-36(26)46-41(52)39-44(25-43(44,4)53)37(24-50)57-48(39)22-28-14-11-15-34(38(28)56-7)29-17-30(19-33(18-29)49(54)55)40(51)45-32(23-47(5)6)16-27-12-9-8-10-13-27/h8-15,17-19,26,31-32,35-37,39,50,53H,16,20-25H2,1-7H3,(H,45,51)(H,46,52)/t26-,31+,32-,35-,36-,37-,39+,43?,44+/m0/s1. The molecule has 4 aliphatic carbocycles. The lowest BCUT2D eigenvalue weighted by molar-refractivity contribution is -0.384. The highest BCUT2D eigenvalue weighted by atomic mass is 16.7. The molecular weight excluding hydrogens is 727 g/mol. The van der Waals surface area contributed by atoms with Crippen molar-refractivity contribution in [3.05, 3.63) is 93.5 Å². The van der Waals surface area contributed by atoms with E-state index in [9.17, 15) is 29.9 Å². The summed E-state index contributed by atoms with van der Waals surface area (Å²) in [6.07, 6.45) is 2.10. The molecule has 3 aromatic carbocycles. The number of methoxy groups -OCH3 is 1. The van der Waals surface area contributed by atoms with Crippen LogP contribution in [-0.4, -0.2) is 101 Å². The number of nitrogens with one attached hydrogen (secondary N) is 2. The maximum atomic E-state index is 14.5. The van der Waals surface area contributed by atoms with Gasteiger partial charge in [-0.1, -0.05) is 69.3 Å². The molecule has 1 aliphatic heterocycles. The number of nitrogens with zero attached hydrogens (tertiary/aromatic N) is 3. The van der Waals surface area contributed by atoms with Crippen LogP contribution in [0.2, 0.25) is 0 Å². The number of amides is 2. The number of carbonyl (C=O) groups excluding carboxylic acids is 2. The molecule has 3 aromatic rings. The van der Waals surface area contributed by atoms with Gasteiger partial charge in [0.25, 0.3) is 11.6 Å². The fourth-order valence-electron chi connectivity index (χ4n) is 10.5. The summed E-state index contributed by atoms with van der Waals surface area (Å²) >= 11 is 0. The Hall–Kier alpha value is -4.40. The maximum Gasteiger partial charge on any atom is 0.270 e. The highest BCUT2D eigenvalue weighted by Crippen LogP contribution is 2.66. The van der Waals surface area contributed by atoms with Crippen molar-refractivity contribution >= 4 is 17.5 Å². The van der Waals surface area contributed by atoms with Gasteiger partial charge in [0.2, 0.25) is 5.91 Å². The molecule has 5 fully saturated rings. The summed E-state index contributed by atoms with van der Waals surface area (Å²) in [6.45, 7) is 8.75. The molecule has 57 heavy (non-hydrogen) atoms. The lowest BCUT2D eigenvalue weighted by atomic mass is 9.45. The van der Waals surface area contributed by atoms with Gasteiger partial charge in [0.05, 0.1) is 36.2 Å². The highest BCUT2D eigenvalue weighted by Gasteiger charge is 2.78. The van der Waals surface area contributed by atoms with E-state index < -0.39 is 34.0 Å². The Morgan fingerprint density at radius 1 is 1.09 bits per heavy atom. The van der Waals surface area contributed by atoms with E-state index in [4.69, 9.17) is 9.57 Å². The van der Waals surface area contributed by atoms with E-state index in [2.05, 4.69) is 31.4 Å². The number of hydrogen-bond donors (Lipinski definition) is 4. The van der Waals surface area contributed by atoms with Crippen molar-refractivity contribution in [1.29, 1.82) is 0 Å². The van der Waals surface area contributed by atoms with Crippen LogP contribution in [-0.2, 0) is 22.6 Å². The van der Waals surface area contributed by atoms with Crippen molar-refractivity contribution in [3.8, 4) is 16.9 Å². The number of non-ortho nitro benzene ring substituents is 1. The third kappa shape index (κ3) is 7.44. The zero-order valence-electron chi connectivity index (χ0n) is 34.0. The maximum absolute atomic E-state index is 14.5. The Bertz CT molecular complexity index is 2010. The van der Waals surface area contributed by atoms with E-state index >= 15 is 0 Å². The molecular formula is C44H57N5O8. The summed E-state index contributed by atoms with van der Waals surface area (Å²) in [5.74, 6) is 1.03. The highest BCUT2D eigenvalue weighted by molar-refractivity contribution is 5.97. The summed E-state index contributed by atoms with van der Waals surface area (Å²) in [6, 6.07) is 18.3. The fourth-order valence-corrected chi connectivity index (χ4v) is 10.5. The van der Waals surface area contributed by atoms with E-state index in [1.54, 1.807) is 30.2 Å². The molecule has 13 nitrogen and oxygen atoms in total. The van der Waals surface area contributed by atoms with Gasteiger partial charge in [0, 0.05) is 47.5 Å². The second kappa shape index (κ2) is 15.4. The van der Waals surface area contributed by atoms with Crippen LogP contribution in [0.5, 0.6) is 5.75 Å². The third-order valence-electron chi connectivity index (χ3n) is 13.8. The smallest absolute Gasteiger partial charge is 0.270 e. The first kappa shape index (κ1) is 40.8. The van der Waals surface area contributed by atoms with Gasteiger partial charge in [0.15, 0.2) is 0 Å². The number of aliphatic hydroxyl groups excluding tert-OH is 1. The minimum Gasteiger partial charge on any atom is -0.496 e. The van der Waals surface area contributed by atoms with Crippen LogP contribution in [0.25, 0.3) is 11.1 Å². The summed E-state index contributed by atoms with van der Waals surface area (Å²) < 4.78 is 5.99. The average molecular weight is 784 g/mol. The third-order valence-corrected chi connectivity index (χ3v) is 13.8. The predicted octanol–water partition coefficient (Wildman–Crippen LogP) is 4.98. The number of nitro benzene ring substituents is 1. The van der Waals surface area contributed by atoms with E-state index in [0.29, 0.717) is 47.2 Å². The first-order chi connectivity index (χ1) is 27.0. The summed E-state index contributed by atoms with van der Waals surface area (Å²) in [5.41, 5.74) is 0.437. The minimum absolute atomic E-state index is 0.0142. The number of rotatable bonds is 14. The lowest BCUT2D eigenvalue weighted by Crippen LogP contribution is -2.62. The molecule has 4 saturated carbocycles. The van der Waals surface area contributed by atoms with Crippen molar-refractivity contribution in [2.75, 3.05) is 34.4 Å². The van der Waals surface area contributed by atoms with Gasteiger partial charge < -0.3 is 30.5 Å². The molecule has 5 aliphatic rings. The number of nitro groups is 1. The molecule has 2 bridgehead atoms. The Morgan fingerprint density at radius 3 is 2.40 bits per heavy atom. The number of fused-ring (bicyclic) bond motifs is 2. The Morgan fingerprint density at radius 2 is 1.81 bits per heavy atom. The molecule has 1 spiro atoms. The normalized spacial score (nSPS) is 30.4. The van der Waals surface area contributed by atoms with Crippen LogP contribution in [0.1, 0.15) is 68.4 Å². The van der Waals surface area contributed by atoms with Gasteiger partial charge in [-0.15, -0.1) is 0 Å². The van der Waals surface area contributed by atoms with Crippen molar-refractivity contribution in [2.45, 2.75) is 89.8 Å². The van der Waals surface area contributed by atoms with Gasteiger partial charge in [-0.3, -0.25) is 24.5 Å². The number of carbonyl (C=O) groups is 2. The SMILES string of the molecule is COc1c(CN2O[C@@H](CO)[C@]3(CC3(C)O)[C@H]2C(=O)N[C@H]2C[C@H]3C[C@@H]([C@@H]2C)C3(C)C)cccc1-c1cc(C(=O)N[C@@H](Cc2ccccc2)CN(C)C)cc([N+](=O)[O-])c1. The van der Waals surface area contributed by atoms with Crippen LogP contribution in [0.3, 0.4) is 0 Å².